The largest absolute Gasteiger partial charge is 0.538 e. The van der Waals surface area contributed by atoms with Gasteiger partial charge in [-0.2, -0.15) is 0 Å². The van der Waals surface area contributed by atoms with Crippen molar-refractivity contribution < 1.29 is 28.6 Å². The van der Waals surface area contributed by atoms with Crippen LogP contribution in [0.5, 0.6) is 5.95 Å². The number of aryl methyl sites for hydroxylation is 2. The number of aromatic nitrogens is 2. The zero-order valence-corrected chi connectivity index (χ0v) is 20.9. The van der Waals surface area contributed by atoms with Gasteiger partial charge in [0, 0.05) is 17.0 Å². The van der Waals surface area contributed by atoms with Crippen molar-refractivity contribution in [1.82, 2.24) is 5.27 Å². The smallest absolute Gasteiger partial charge is 0.341 e. The number of ether oxygens (including phenoxy) is 1. The van der Waals surface area contributed by atoms with Gasteiger partial charge in [0.15, 0.2) is 5.95 Å². The summed E-state index contributed by atoms with van der Waals surface area (Å²) in [6, 6.07) is 7.47. The molecule has 8 nitrogen and oxygen atoms in total. The van der Waals surface area contributed by atoms with E-state index in [0.717, 1.165) is 59.9 Å². The van der Waals surface area contributed by atoms with E-state index in [1.165, 1.54) is 22.4 Å². The number of hydrogen-bond acceptors (Lipinski definition) is 8. The molecule has 1 aromatic carbocycles. The van der Waals surface area contributed by atoms with Gasteiger partial charge >= 0.3 is 5.97 Å². The molecule has 0 spiro atoms. The predicted octanol–water partition coefficient (Wildman–Crippen LogP) is 3.96. The van der Waals surface area contributed by atoms with Crippen LogP contribution in [0.2, 0.25) is 0 Å². The van der Waals surface area contributed by atoms with Gasteiger partial charge in [-0.3, -0.25) is 4.79 Å². The fourth-order valence-electron chi connectivity index (χ4n) is 3.93. The van der Waals surface area contributed by atoms with E-state index < -0.39 is 11.9 Å². The number of fused-ring (bicyclic) bond motifs is 1. The highest BCUT2D eigenvalue weighted by Gasteiger charge is 2.27. The minimum absolute atomic E-state index is 0.0346. The van der Waals surface area contributed by atoms with E-state index in [9.17, 15) is 14.7 Å². The van der Waals surface area contributed by atoms with Gasteiger partial charge in [0.05, 0.1) is 23.2 Å². The maximum atomic E-state index is 12.9. The Morgan fingerprint density at radius 3 is 2.68 bits per heavy atom. The van der Waals surface area contributed by atoms with Crippen LogP contribution in [0.15, 0.2) is 33.8 Å². The van der Waals surface area contributed by atoms with Gasteiger partial charge in [-0.15, -0.1) is 11.3 Å². The summed E-state index contributed by atoms with van der Waals surface area (Å²) in [6.45, 7) is 4.00. The van der Waals surface area contributed by atoms with Gasteiger partial charge in [-0.25, -0.2) is 4.79 Å². The van der Waals surface area contributed by atoms with Crippen molar-refractivity contribution in [3.8, 4) is 11.6 Å². The van der Waals surface area contributed by atoms with Crippen LogP contribution in [-0.4, -0.2) is 29.5 Å². The SMILES string of the molecule is CCOC(=O)c1c(NC(=O)CSc2c([O-])on[n+]2-c2ccc(C)cc2)sc2c1CCCCCC2. The molecule has 2 aromatic heterocycles. The summed E-state index contributed by atoms with van der Waals surface area (Å²) in [6.07, 6.45) is 6.08. The van der Waals surface area contributed by atoms with Crippen molar-refractivity contribution in [3.05, 3.63) is 45.8 Å². The van der Waals surface area contributed by atoms with E-state index >= 15 is 0 Å². The fraction of sp³-hybridized carbons (Fsp3) is 0.417. The van der Waals surface area contributed by atoms with E-state index in [-0.39, 0.29) is 23.3 Å². The molecule has 180 valence electrons. The number of hydrogen-bond donors (Lipinski definition) is 1. The molecule has 0 aliphatic heterocycles. The molecular formula is C24H27N3O5S2. The molecule has 0 radical (unpaired) electrons. The summed E-state index contributed by atoms with van der Waals surface area (Å²) in [5.74, 6) is -1.36. The van der Waals surface area contributed by atoms with Crippen molar-refractivity contribution in [2.45, 2.75) is 57.4 Å². The summed E-state index contributed by atoms with van der Waals surface area (Å²) in [5.41, 5.74) is 3.23. The fourth-order valence-corrected chi connectivity index (χ4v) is 5.98. The molecule has 1 aliphatic carbocycles. The van der Waals surface area contributed by atoms with Crippen molar-refractivity contribution in [2.75, 3.05) is 17.7 Å². The second-order valence-corrected chi connectivity index (χ2v) is 10.2. The first kappa shape index (κ1) is 24.3. The first-order valence-corrected chi connectivity index (χ1v) is 13.2. The van der Waals surface area contributed by atoms with Gasteiger partial charge in [0.25, 0.3) is 5.03 Å². The van der Waals surface area contributed by atoms with E-state index in [2.05, 4.69) is 10.6 Å². The molecule has 0 bridgehead atoms. The van der Waals surface area contributed by atoms with Crippen LogP contribution in [0, 0.1) is 6.92 Å². The van der Waals surface area contributed by atoms with Crippen LogP contribution in [-0.2, 0) is 22.4 Å². The maximum Gasteiger partial charge on any atom is 0.341 e. The number of amides is 1. The number of thiophene rings is 1. The third-order valence-corrected chi connectivity index (χ3v) is 7.82. The highest BCUT2D eigenvalue weighted by atomic mass is 32.2. The summed E-state index contributed by atoms with van der Waals surface area (Å²) >= 11 is 2.50. The van der Waals surface area contributed by atoms with Crippen LogP contribution < -0.4 is 15.1 Å². The van der Waals surface area contributed by atoms with Crippen LogP contribution in [0.25, 0.3) is 5.69 Å². The Kier molecular flexibility index (Phi) is 7.89. The number of rotatable bonds is 7. The minimum Gasteiger partial charge on any atom is -0.538 e. The van der Waals surface area contributed by atoms with Gasteiger partial charge in [0.1, 0.15) is 5.00 Å². The van der Waals surface area contributed by atoms with Crippen molar-refractivity contribution >= 4 is 40.0 Å². The third kappa shape index (κ3) is 5.44. The molecule has 1 aliphatic rings. The first-order valence-electron chi connectivity index (χ1n) is 11.4. The van der Waals surface area contributed by atoms with Gasteiger partial charge in [-0.05, 0) is 61.5 Å². The standard InChI is InChI=1S/C24H27N3O5S2/c1-3-31-23(29)20-17-8-6-4-5-7-9-18(17)34-21(20)25-19(28)14-33-22-24(30)32-26-27(22)16-12-10-15(2)11-13-16/h10-13H,3-9,14H2,1-2H3,(H-,25,26,28,29,30). The highest BCUT2D eigenvalue weighted by Crippen LogP contribution is 2.38. The monoisotopic (exact) mass is 501 g/mol. The summed E-state index contributed by atoms with van der Waals surface area (Å²) < 4.78 is 11.5. The number of benzene rings is 1. The summed E-state index contributed by atoms with van der Waals surface area (Å²) in [7, 11) is 0. The van der Waals surface area contributed by atoms with Crippen LogP contribution in [0.4, 0.5) is 5.00 Å². The molecule has 0 atom stereocenters. The Balaban J connectivity index is 1.52. The van der Waals surface area contributed by atoms with Crippen LogP contribution in [0.3, 0.4) is 0 Å². The van der Waals surface area contributed by atoms with Crippen molar-refractivity contribution in [3.63, 3.8) is 0 Å². The van der Waals surface area contributed by atoms with Gasteiger partial charge in [-0.1, -0.05) is 30.5 Å². The van der Waals surface area contributed by atoms with E-state index in [4.69, 9.17) is 9.26 Å². The second-order valence-electron chi connectivity index (χ2n) is 8.09. The van der Waals surface area contributed by atoms with Gasteiger partial charge < -0.3 is 19.7 Å². The number of nitrogens with one attached hydrogen (secondary N) is 1. The van der Waals surface area contributed by atoms with E-state index in [1.54, 1.807) is 6.92 Å². The molecule has 0 unspecified atom stereocenters. The van der Waals surface area contributed by atoms with Gasteiger partial charge in [0.2, 0.25) is 11.6 Å². The molecule has 0 fully saturated rings. The zero-order chi connectivity index (χ0) is 24.1. The molecule has 0 saturated carbocycles. The molecular weight excluding hydrogens is 474 g/mol. The molecule has 2 heterocycles. The lowest BCUT2D eigenvalue weighted by Crippen LogP contribution is -2.35. The summed E-state index contributed by atoms with van der Waals surface area (Å²) in [5, 5.41) is 19.6. The Morgan fingerprint density at radius 2 is 1.94 bits per heavy atom. The quantitative estimate of drug-likeness (QED) is 0.296. The Hall–Kier alpha value is -2.85. The topological polar surface area (TPSA) is 108 Å². The molecule has 4 rings (SSSR count). The first-order chi connectivity index (χ1) is 16.5. The van der Waals surface area contributed by atoms with Crippen molar-refractivity contribution in [1.29, 1.82) is 0 Å². The lowest BCUT2D eigenvalue weighted by atomic mass is 9.96. The zero-order valence-electron chi connectivity index (χ0n) is 19.2. The average molecular weight is 502 g/mol. The van der Waals surface area contributed by atoms with Crippen LogP contribution >= 0.6 is 23.1 Å². The Morgan fingerprint density at radius 1 is 1.21 bits per heavy atom. The summed E-state index contributed by atoms with van der Waals surface area (Å²) in [4.78, 5) is 26.8. The molecule has 34 heavy (non-hydrogen) atoms. The average Bonchev–Trinajstić information content (AvgIpc) is 3.32. The van der Waals surface area contributed by atoms with E-state index in [0.29, 0.717) is 16.3 Å². The number of nitrogens with zero attached hydrogens (tertiary/aromatic N) is 2. The third-order valence-electron chi connectivity index (χ3n) is 5.59. The number of anilines is 1. The highest BCUT2D eigenvalue weighted by molar-refractivity contribution is 7.99. The number of thioether (sulfide) groups is 1. The van der Waals surface area contributed by atoms with Crippen LogP contribution in [0.1, 0.15) is 59.0 Å². The molecule has 1 N–H and O–H groups in total. The molecule has 1 amide bonds. The maximum absolute atomic E-state index is 12.9. The second kappa shape index (κ2) is 11.1. The number of carbonyl (C=O) groups excluding carboxylic acids is 2. The predicted molar refractivity (Wildman–Crippen MR) is 128 cm³/mol. The molecule has 3 aromatic rings. The van der Waals surface area contributed by atoms with E-state index in [1.807, 2.05) is 31.2 Å². The number of carbonyl (C=O) groups is 2. The lowest BCUT2D eigenvalue weighted by molar-refractivity contribution is -0.705. The number of esters is 1. The minimum atomic E-state index is -0.607. The lowest BCUT2D eigenvalue weighted by Gasteiger charge is -2.11. The van der Waals surface area contributed by atoms with Crippen molar-refractivity contribution in [2.24, 2.45) is 0 Å². The normalized spacial score (nSPS) is 13.6. The molecule has 10 heteroatoms. The Labute approximate surface area is 206 Å². The Bertz CT molecular complexity index is 1170. The molecule has 0 saturated heterocycles.